The van der Waals surface area contributed by atoms with Gasteiger partial charge < -0.3 is 0 Å². The Kier molecular flexibility index (Phi) is 4.20. The van der Waals surface area contributed by atoms with Crippen LogP contribution in [0.15, 0.2) is 48.5 Å². The number of halogens is 1. The SMILES string of the molecule is CC(C)c1ccc(Cn2nnc(-c3ccc(Cl)cc3)n2)cc1. The molecular weight excluding hydrogens is 296 g/mol. The van der Waals surface area contributed by atoms with E-state index in [1.807, 2.05) is 24.3 Å². The Morgan fingerprint density at radius 2 is 1.68 bits per heavy atom. The highest BCUT2D eigenvalue weighted by molar-refractivity contribution is 6.30. The number of rotatable bonds is 4. The third-order valence-electron chi connectivity index (χ3n) is 3.53. The number of tetrazole rings is 1. The molecule has 0 radical (unpaired) electrons. The van der Waals surface area contributed by atoms with Crippen LogP contribution in [0.2, 0.25) is 5.02 Å². The van der Waals surface area contributed by atoms with E-state index in [0.717, 1.165) is 11.1 Å². The van der Waals surface area contributed by atoms with E-state index in [4.69, 9.17) is 11.6 Å². The van der Waals surface area contributed by atoms with Gasteiger partial charge in [-0.1, -0.05) is 49.7 Å². The number of benzene rings is 2. The lowest BCUT2D eigenvalue weighted by molar-refractivity contribution is 0.572. The summed E-state index contributed by atoms with van der Waals surface area (Å²) in [5.74, 6) is 1.14. The summed E-state index contributed by atoms with van der Waals surface area (Å²) in [6.45, 7) is 4.98. The first-order valence-corrected chi connectivity index (χ1v) is 7.62. The Balaban J connectivity index is 1.75. The minimum Gasteiger partial charge on any atom is -0.159 e. The number of aromatic nitrogens is 4. The lowest BCUT2D eigenvalue weighted by atomic mass is 10.0. The molecule has 0 atom stereocenters. The molecular formula is C17H17ClN4. The van der Waals surface area contributed by atoms with Crippen molar-refractivity contribution in [3.63, 3.8) is 0 Å². The minimum atomic E-state index is 0.537. The Bertz CT molecular complexity index is 745. The molecule has 1 aromatic heterocycles. The van der Waals surface area contributed by atoms with Crippen LogP contribution in [0.25, 0.3) is 11.4 Å². The maximum Gasteiger partial charge on any atom is 0.204 e. The fraction of sp³-hybridized carbons (Fsp3) is 0.235. The largest absolute Gasteiger partial charge is 0.204 e. The van der Waals surface area contributed by atoms with Crippen molar-refractivity contribution in [3.05, 3.63) is 64.7 Å². The zero-order valence-electron chi connectivity index (χ0n) is 12.6. The minimum absolute atomic E-state index is 0.537. The van der Waals surface area contributed by atoms with Crippen LogP contribution in [-0.2, 0) is 6.54 Å². The average molecular weight is 313 g/mol. The van der Waals surface area contributed by atoms with E-state index in [1.54, 1.807) is 4.80 Å². The van der Waals surface area contributed by atoms with Crippen molar-refractivity contribution < 1.29 is 0 Å². The lowest BCUT2D eigenvalue weighted by Crippen LogP contribution is -2.04. The highest BCUT2D eigenvalue weighted by Gasteiger charge is 2.06. The summed E-state index contributed by atoms with van der Waals surface area (Å²) >= 11 is 5.88. The van der Waals surface area contributed by atoms with Gasteiger partial charge in [-0.2, -0.15) is 4.80 Å². The molecule has 0 bridgehead atoms. The van der Waals surface area contributed by atoms with Crippen LogP contribution in [-0.4, -0.2) is 20.2 Å². The van der Waals surface area contributed by atoms with Crippen molar-refractivity contribution in [2.75, 3.05) is 0 Å². The standard InChI is InChI=1S/C17H17ClN4/c1-12(2)14-5-3-13(4-6-14)11-22-20-17(19-21-22)15-7-9-16(18)10-8-15/h3-10,12H,11H2,1-2H3. The summed E-state index contributed by atoms with van der Waals surface area (Å²) < 4.78 is 0. The zero-order valence-corrected chi connectivity index (χ0v) is 13.3. The van der Waals surface area contributed by atoms with Crippen LogP contribution < -0.4 is 0 Å². The molecule has 112 valence electrons. The van der Waals surface area contributed by atoms with Crippen LogP contribution in [0.5, 0.6) is 0 Å². The van der Waals surface area contributed by atoms with Gasteiger partial charge in [-0.15, -0.1) is 10.2 Å². The van der Waals surface area contributed by atoms with Gasteiger partial charge in [-0.3, -0.25) is 0 Å². The first-order valence-electron chi connectivity index (χ1n) is 7.24. The maximum absolute atomic E-state index is 5.88. The third-order valence-corrected chi connectivity index (χ3v) is 3.78. The van der Waals surface area contributed by atoms with Gasteiger partial charge in [0.2, 0.25) is 5.82 Å². The van der Waals surface area contributed by atoms with Crippen molar-refractivity contribution >= 4 is 11.6 Å². The quantitative estimate of drug-likeness (QED) is 0.726. The Morgan fingerprint density at radius 3 is 2.32 bits per heavy atom. The van der Waals surface area contributed by atoms with E-state index in [1.165, 1.54) is 5.56 Å². The van der Waals surface area contributed by atoms with Gasteiger partial charge in [0.05, 0.1) is 6.54 Å². The maximum atomic E-state index is 5.88. The number of nitrogens with zero attached hydrogens (tertiary/aromatic N) is 4. The molecule has 0 saturated carbocycles. The van der Waals surface area contributed by atoms with E-state index in [0.29, 0.717) is 23.3 Å². The predicted octanol–water partition coefficient (Wildman–Crippen LogP) is 4.17. The lowest BCUT2D eigenvalue weighted by Gasteiger charge is -2.06. The molecule has 0 fully saturated rings. The van der Waals surface area contributed by atoms with Crippen LogP contribution in [0, 0.1) is 0 Å². The van der Waals surface area contributed by atoms with E-state index in [-0.39, 0.29) is 0 Å². The Morgan fingerprint density at radius 1 is 1.00 bits per heavy atom. The molecule has 22 heavy (non-hydrogen) atoms. The number of hydrogen-bond donors (Lipinski definition) is 0. The summed E-state index contributed by atoms with van der Waals surface area (Å²) in [7, 11) is 0. The molecule has 0 unspecified atom stereocenters. The zero-order chi connectivity index (χ0) is 15.5. The van der Waals surface area contributed by atoms with Gasteiger partial charge in [-0.25, -0.2) is 0 Å². The van der Waals surface area contributed by atoms with Crippen molar-refractivity contribution in [3.8, 4) is 11.4 Å². The molecule has 0 aliphatic carbocycles. The molecule has 0 spiro atoms. The molecule has 1 heterocycles. The van der Waals surface area contributed by atoms with Gasteiger partial charge in [0, 0.05) is 10.6 Å². The van der Waals surface area contributed by atoms with Crippen molar-refractivity contribution in [2.45, 2.75) is 26.3 Å². The van der Waals surface area contributed by atoms with E-state index in [9.17, 15) is 0 Å². The molecule has 3 aromatic rings. The van der Waals surface area contributed by atoms with Gasteiger partial charge in [-0.05, 0) is 46.5 Å². The van der Waals surface area contributed by atoms with E-state index in [2.05, 4.69) is 53.5 Å². The van der Waals surface area contributed by atoms with E-state index < -0.39 is 0 Å². The normalized spacial score (nSPS) is 11.1. The highest BCUT2D eigenvalue weighted by atomic mass is 35.5. The smallest absolute Gasteiger partial charge is 0.159 e. The van der Waals surface area contributed by atoms with Gasteiger partial charge in [0.15, 0.2) is 0 Å². The molecule has 2 aromatic carbocycles. The molecule has 5 heteroatoms. The average Bonchev–Trinajstić information content (AvgIpc) is 2.97. The molecule has 0 amide bonds. The van der Waals surface area contributed by atoms with Gasteiger partial charge >= 0.3 is 0 Å². The van der Waals surface area contributed by atoms with Crippen LogP contribution in [0.3, 0.4) is 0 Å². The number of hydrogen-bond acceptors (Lipinski definition) is 3. The molecule has 0 aliphatic heterocycles. The molecule has 0 N–H and O–H groups in total. The first-order chi connectivity index (χ1) is 10.6. The fourth-order valence-corrected chi connectivity index (χ4v) is 2.32. The van der Waals surface area contributed by atoms with E-state index >= 15 is 0 Å². The molecule has 3 rings (SSSR count). The Labute approximate surface area is 134 Å². The highest BCUT2D eigenvalue weighted by Crippen LogP contribution is 2.18. The van der Waals surface area contributed by atoms with Crippen molar-refractivity contribution in [1.29, 1.82) is 0 Å². The molecule has 0 saturated heterocycles. The van der Waals surface area contributed by atoms with Crippen molar-refractivity contribution in [1.82, 2.24) is 20.2 Å². The van der Waals surface area contributed by atoms with Crippen LogP contribution >= 0.6 is 11.6 Å². The molecule has 4 nitrogen and oxygen atoms in total. The second-order valence-electron chi connectivity index (χ2n) is 5.55. The summed E-state index contributed by atoms with van der Waals surface area (Å²) in [4.78, 5) is 1.61. The monoisotopic (exact) mass is 312 g/mol. The fourth-order valence-electron chi connectivity index (χ4n) is 2.20. The summed E-state index contributed by atoms with van der Waals surface area (Å²) in [6, 6.07) is 15.9. The van der Waals surface area contributed by atoms with Crippen molar-refractivity contribution in [2.24, 2.45) is 0 Å². The topological polar surface area (TPSA) is 43.6 Å². The second kappa shape index (κ2) is 6.28. The van der Waals surface area contributed by atoms with Gasteiger partial charge in [0.1, 0.15) is 0 Å². The molecule has 0 aliphatic rings. The third kappa shape index (κ3) is 3.34. The van der Waals surface area contributed by atoms with Gasteiger partial charge in [0.25, 0.3) is 0 Å². The second-order valence-corrected chi connectivity index (χ2v) is 5.98. The first kappa shape index (κ1) is 14.7. The van der Waals surface area contributed by atoms with Crippen LogP contribution in [0.1, 0.15) is 30.9 Å². The summed E-state index contributed by atoms with van der Waals surface area (Å²) in [6.07, 6.45) is 0. The summed E-state index contributed by atoms with van der Waals surface area (Å²) in [5, 5.41) is 13.3. The van der Waals surface area contributed by atoms with Crippen LogP contribution in [0.4, 0.5) is 0 Å². The summed E-state index contributed by atoms with van der Waals surface area (Å²) in [5.41, 5.74) is 3.40. The predicted molar refractivity (Wildman–Crippen MR) is 87.9 cm³/mol. The Hall–Kier alpha value is -2.20.